The van der Waals surface area contributed by atoms with E-state index in [1.54, 1.807) is 6.20 Å². The van der Waals surface area contributed by atoms with Crippen molar-refractivity contribution in [3.63, 3.8) is 0 Å². The second kappa shape index (κ2) is 4.25. The molecule has 0 unspecified atom stereocenters. The van der Waals surface area contributed by atoms with Gasteiger partial charge in [0.05, 0.1) is 18.8 Å². The number of aliphatic carboxylic acids is 1. The number of carboxylic acid groups (broad SMARTS) is 1. The molecule has 1 heterocycles. The third-order valence-electron chi connectivity index (χ3n) is 2.80. The zero-order chi connectivity index (χ0) is 11.6. The number of carboxylic acids is 1. The summed E-state index contributed by atoms with van der Waals surface area (Å²) in [6.45, 7) is 0. The number of halogens is 1. The lowest BCUT2D eigenvalue weighted by molar-refractivity contribution is -0.138. The summed E-state index contributed by atoms with van der Waals surface area (Å²) < 4.78 is 0. The number of carbonyl (C=O) groups is 1. The van der Waals surface area contributed by atoms with Gasteiger partial charge in [0, 0.05) is 5.54 Å². The van der Waals surface area contributed by atoms with E-state index in [4.69, 9.17) is 16.7 Å². The fourth-order valence-electron chi connectivity index (χ4n) is 1.91. The van der Waals surface area contributed by atoms with Crippen LogP contribution in [0.1, 0.15) is 25.7 Å². The smallest absolute Gasteiger partial charge is 0.305 e. The van der Waals surface area contributed by atoms with Crippen LogP contribution in [0.25, 0.3) is 0 Å². The molecule has 2 N–H and O–H groups in total. The van der Waals surface area contributed by atoms with Gasteiger partial charge in [0.25, 0.3) is 0 Å². The molecule has 86 valence electrons. The predicted molar refractivity (Wildman–Crippen MR) is 59.5 cm³/mol. The van der Waals surface area contributed by atoms with Gasteiger partial charge < -0.3 is 10.4 Å². The molecule has 5 nitrogen and oxygen atoms in total. The van der Waals surface area contributed by atoms with Gasteiger partial charge in [0.1, 0.15) is 11.0 Å². The minimum absolute atomic E-state index is 0.0984. The lowest BCUT2D eigenvalue weighted by Crippen LogP contribution is -2.47. The molecule has 0 aliphatic heterocycles. The standard InChI is InChI=1S/C10H12ClN3O2/c11-7-5-12-6-8(13-7)14-10(2-1-3-10)4-9(15)16/h5-6H,1-4H2,(H,13,14)(H,15,16). The van der Waals surface area contributed by atoms with Crippen molar-refractivity contribution in [2.24, 2.45) is 0 Å². The number of rotatable bonds is 4. The number of anilines is 1. The minimum Gasteiger partial charge on any atom is -0.481 e. The number of hydrogen-bond acceptors (Lipinski definition) is 4. The van der Waals surface area contributed by atoms with E-state index in [9.17, 15) is 4.79 Å². The quantitative estimate of drug-likeness (QED) is 0.843. The van der Waals surface area contributed by atoms with E-state index in [0.29, 0.717) is 11.0 Å². The Morgan fingerprint density at radius 2 is 2.31 bits per heavy atom. The molecule has 1 aromatic heterocycles. The zero-order valence-corrected chi connectivity index (χ0v) is 9.37. The van der Waals surface area contributed by atoms with E-state index in [1.807, 2.05) is 0 Å². The summed E-state index contributed by atoms with van der Waals surface area (Å²) in [5, 5.41) is 12.3. The third kappa shape index (κ3) is 2.41. The van der Waals surface area contributed by atoms with Crippen LogP contribution in [0.5, 0.6) is 0 Å². The van der Waals surface area contributed by atoms with Crippen molar-refractivity contribution in [1.29, 1.82) is 0 Å². The molecule has 0 bridgehead atoms. The van der Waals surface area contributed by atoms with Gasteiger partial charge in [-0.15, -0.1) is 0 Å². The summed E-state index contributed by atoms with van der Waals surface area (Å²) >= 11 is 5.71. The fourth-order valence-corrected chi connectivity index (χ4v) is 2.06. The maximum atomic E-state index is 10.8. The van der Waals surface area contributed by atoms with Gasteiger partial charge in [-0.1, -0.05) is 11.6 Å². The zero-order valence-electron chi connectivity index (χ0n) is 8.61. The second-order valence-electron chi connectivity index (χ2n) is 4.06. The molecule has 6 heteroatoms. The van der Waals surface area contributed by atoms with E-state index in [1.165, 1.54) is 6.20 Å². The highest BCUT2D eigenvalue weighted by atomic mass is 35.5. The summed E-state index contributed by atoms with van der Waals surface area (Å²) in [5.74, 6) is -0.268. The molecular weight excluding hydrogens is 230 g/mol. The van der Waals surface area contributed by atoms with E-state index >= 15 is 0 Å². The van der Waals surface area contributed by atoms with Gasteiger partial charge in [-0.3, -0.25) is 9.78 Å². The van der Waals surface area contributed by atoms with Crippen LogP contribution in [0.3, 0.4) is 0 Å². The van der Waals surface area contributed by atoms with Crippen molar-refractivity contribution < 1.29 is 9.90 Å². The number of nitrogens with zero attached hydrogens (tertiary/aromatic N) is 2. The molecule has 1 saturated carbocycles. The van der Waals surface area contributed by atoms with Crippen molar-refractivity contribution >= 4 is 23.4 Å². The van der Waals surface area contributed by atoms with E-state index in [-0.39, 0.29) is 12.0 Å². The van der Waals surface area contributed by atoms with Crippen molar-refractivity contribution in [3.8, 4) is 0 Å². The normalized spacial score (nSPS) is 17.6. The van der Waals surface area contributed by atoms with Gasteiger partial charge in [-0.05, 0) is 19.3 Å². The Labute approximate surface area is 97.9 Å². The van der Waals surface area contributed by atoms with Crippen LogP contribution >= 0.6 is 11.6 Å². The highest BCUT2D eigenvalue weighted by Crippen LogP contribution is 2.37. The first-order valence-electron chi connectivity index (χ1n) is 5.07. The van der Waals surface area contributed by atoms with Crippen LogP contribution < -0.4 is 5.32 Å². The van der Waals surface area contributed by atoms with E-state index in [2.05, 4.69) is 15.3 Å². The first-order valence-corrected chi connectivity index (χ1v) is 5.45. The summed E-state index contributed by atoms with van der Waals surface area (Å²) in [4.78, 5) is 18.7. The number of nitrogens with one attached hydrogen (secondary N) is 1. The molecule has 0 radical (unpaired) electrons. The SMILES string of the molecule is O=C(O)CC1(Nc2cncc(Cl)n2)CCC1. The van der Waals surface area contributed by atoms with Crippen molar-refractivity contribution in [2.45, 2.75) is 31.2 Å². The molecule has 1 aliphatic carbocycles. The van der Waals surface area contributed by atoms with Crippen molar-refractivity contribution in [3.05, 3.63) is 17.5 Å². The molecule has 0 spiro atoms. The van der Waals surface area contributed by atoms with Gasteiger partial charge in [0.2, 0.25) is 0 Å². The molecule has 1 fully saturated rings. The van der Waals surface area contributed by atoms with Crippen LogP contribution in [0.4, 0.5) is 5.82 Å². The Kier molecular flexibility index (Phi) is 2.96. The van der Waals surface area contributed by atoms with E-state index < -0.39 is 5.97 Å². The number of hydrogen-bond donors (Lipinski definition) is 2. The van der Waals surface area contributed by atoms with Crippen LogP contribution in [0.2, 0.25) is 5.15 Å². The molecule has 0 amide bonds. The maximum Gasteiger partial charge on any atom is 0.305 e. The summed E-state index contributed by atoms with van der Waals surface area (Å²) in [7, 11) is 0. The molecule has 0 atom stereocenters. The predicted octanol–water partition coefficient (Wildman–Crippen LogP) is 1.94. The topological polar surface area (TPSA) is 75.1 Å². The molecule has 0 saturated heterocycles. The minimum atomic E-state index is -0.804. The summed E-state index contributed by atoms with van der Waals surface area (Å²) in [6.07, 6.45) is 5.81. The molecule has 16 heavy (non-hydrogen) atoms. The molecule has 0 aromatic carbocycles. The Morgan fingerprint density at radius 3 is 2.81 bits per heavy atom. The Hall–Kier alpha value is -1.36. The molecule has 2 rings (SSSR count). The van der Waals surface area contributed by atoms with Crippen LogP contribution in [0.15, 0.2) is 12.4 Å². The van der Waals surface area contributed by atoms with Crippen LogP contribution in [0, 0.1) is 0 Å². The third-order valence-corrected chi connectivity index (χ3v) is 2.98. The lowest BCUT2D eigenvalue weighted by atomic mass is 9.74. The van der Waals surface area contributed by atoms with Crippen LogP contribution in [-0.4, -0.2) is 26.6 Å². The summed E-state index contributed by atoms with van der Waals surface area (Å²) in [5.41, 5.74) is -0.370. The highest BCUT2D eigenvalue weighted by molar-refractivity contribution is 6.29. The average molecular weight is 242 g/mol. The monoisotopic (exact) mass is 241 g/mol. The second-order valence-corrected chi connectivity index (χ2v) is 4.44. The highest BCUT2D eigenvalue weighted by Gasteiger charge is 2.39. The van der Waals surface area contributed by atoms with Gasteiger partial charge in [0.15, 0.2) is 0 Å². The van der Waals surface area contributed by atoms with Gasteiger partial charge >= 0.3 is 5.97 Å². The fraction of sp³-hybridized carbons (Fsp3) is 0.500. The van der Waals surface area contributed by atoms with Crippen LogP contribution in [-0.2, 0) is 4.79 Å². The average Bonchev–Trinajstić information content (AvgIpc) is 2.13. The first kappa shape index (κ1) is 11.1. The Balaban J connectivity index is 2.09. The maximum absolute atomic E-state index is 10.8. The van der Waals surface area contributed by atoms with Crippen molar-refractivity contribution in [1.82, 2.24) is 9.97 Å². The molecule has 1 aromatic rings. The lowest BCUT2D eigenvalue weighted by Gasteiger charge is -2.41. The van der Waals surface area contributed by atoms with Gasteiger partial charge in [-0.25, -0.2) is 4.98 Å². The largest absolute Gasteiger partial charge is 0.481 e. The number of aromatic nitrogens is 2. The first-order chi connectivity index (χ1) is 7.60. The van der Waals surface area contributed by atoms with Crippen molar-refractivity contribution in [2.75, 3.05) is 5.32 Å². The Bertz CT molecular complexity index is 407. The summed E-state index contributed by atoms with van der Waals surface area (Å²) in [6, 6.07) is 0. The Morgan fingerprint density at radius 1 is 1.56 bits per heavy atom. The van der Waals surface area contributed by atoms with Gasteiger partial charge in [-0.2, -0.15) is 0 Å². The van der Waals surface area contributed by atoms with E-state index in [0.717, 1.165) is 19.3 Å². The molecular formula is C10H12ClN3O2. The molecule has 1 aliphatic rings.